The van der Waals surface area contributed by atoms with Crippen LogP contribution in [0.25, 0.3) is 0 Å². The second-order valence-corrected chi connectivity index (χ2v) is 10.1. The van der Waals surface area contributed by atoms with E-state index in [4.69, 9.17) is 0 Å². The van der Waals surface area contributed by atoms with Crippen molar-refractivity contribution in [2.45, 2.75) is 36.6 Å². The molecule has 7 nitrogen and oxygen atoms in total. The lowest BCUT2D eigenvalue weighted by Crippen LogP contribution is -2.42. The molecule has 2 aliphatic heterocycles. The predicted octanol–water partition coefficient (Wildman–Crippen LogP) is 2.78. The van der Waals surface area contributed by atoms with Gasteiger partial charge in [-0.25, -0.2) is 8.42 Å². The number of carbonyl (C=O) groups excluding carboxylic acids is 2. The molecule has 2 fully saturated rings. The van der Waals surface area contributed by atoms with Crippen LogP contribution in [0.4, 0.5) is 5.69 Å². The zero-order valence-corrected chi connectivity index (χ0v) is 17.5. The number of carbonyl (C=O) groups is 2. The van der Waals surface area contributed by atoms with Gasteiger partial charge >= 0.3 is 0 Å². The van der Waals surface area contributed by atoms with Crippen molar-refractivity contribution in [3.05, 3.63) is 46.7 Å². The highest BCUT2D eigenvalue weighted by molar-refractivity contribution is 7.89. The largest absolute Gasteiger partial charge is 0.326 e. The van der Waals surface area contributed by atoms with Gasteiger partial charge in [-0.05, 0) is 61.4 Å². The number of rotatable bonds is 5. The first kappa shape index (κ1) is 20.1. The summed E-state index contributed by atoms with van der Waals surface area (Å²) in [4.78, 5) is 27.9. The molecule has 1 N–H and O–H groups in total. The molecule has 0 bridgehead atoms. The summed E-state index contributed by atoms with van der Waals surface area (Å²) in [6.07, 6.45) is 3.16. The SMILES string of the molecule is O=C(Nc1ccc(S(=O)(=O)N2CCCC2)cc1)[C@H]1CCCN1C(=O)c1cccs1. The van der Waals surface area contributed by atoms with Gasteiger partial charge in [0.05, 0.1) is 9.77 Å². The molecule has 154 valence electrons. The van der Waals surface area contributed by atoms with Gasteiger partial charge in [-0.2, -0.15) is 4.31 Å². The molecule has 0 spiro atoms. The lowest BCUT2D eigenvalue weighted by atomic mass is 10.2. The summed E-state index contributed by atoms with van der Waals surface area (Å²) in [5, 5.41) is 4.67. The molecule has 2 aliphatic rings. The first-order chi connectivity index (χ1) is 14.0. The molecule has 9 heteroatoms. The highest BCUT2D eigenvalue weighted by Gasteiger charge is 2.35. The number of hydrogen-bond donors (Lipinski definition) is 1. The number of nitrogens with one attached hydrogen (secondary N) is 1. The molecule has 1 atom stereocenters. The molecule has 2 aromatic rings. The molecule has 2 amide bonds. The quantitative estimate of drug-likeness (QED) is 0.786. The van der Waals surface area contributed by atoms with Gasteiger partial charge in [-0.1, -0.05) is 6.07 Å². The van der Waals surface area contributed by atoms with E-state index >= 15 is 0 Å². The van der Waals surface area contributed by atoms with Crippen molar-refractivity contribution >= 4 is 38.9 Å². The summed E-state index contributed by atoms with van der Waals surface area (Å²) in [5.74, 6) is -0.368. The third kappa shape index (κ3) is 4.08. The van der Waals surface area contributed by atoms with Gasteiger partial charge in [0.1, 0.15) is 6.04 Å². The van der Waals surface area contributed by atoms with E-state index in [1.807, 2.05) is 11.4 Å². The summed E-state index contributed by atoms with van der Waals surface area (Å²) in [7, 11) is -3.48. The lowest BCUT2D eigenvalue weighted by Gasteiger charge is -2.23. The Morgan fingerprint density at radius 3 is 2.38 bits per heavy atom. The smallest absolute Gasteiger partial charge is 0.264 e. The first-order valence-electron chi connectivity index (χ1n) is 9.72. The van der Waals surface area contributed by atoms with Crippen LogP contribution in [-0.4, -0.2) is 55.1 Å². The molecule has 1 aromatic carbocycles. The number of likely N-dealkylation sites (tertiary alicyclic amines) is 1. The van der Waals surface area contributed by atoms with Crippen LogP contribution >= 0.6 is 11.3 Å². The molecular formula is C20H23N3O4S2. The third-order valence-electron chi connectivity index (χ3n) is 5.37. The molecule has 1 aromatic heterocycles. The number of anilines is 1. The van der Waals surface area contributed by atoms with Crippen molar-refractivity contribution in [1.29, 1.82) is 0 Å². The monoisotopic (exact) mass is 433 g/mol. The van der Waals surface area contributed by atoms with Gasteiger partial charge in [0.25, 0.3) is 5.91 Å². The standard InChI is InChI=1S/C20H23N3O4S2/c24-19(17-5-3-13-23(17)20(25)18-6-4-14-28-18)21-15-7-9-16(10-8-15)29(26,27)22-11-1-2-12-22/h4,6-10,14,17H,1-3,5,11-13H2,(H,21,24)/t17-/m1/s1. The van der Waals surface area contributed by atoms with Gasteiger partial charge in [0.2, 0.25) is 15.9 Å². The average molecular weight is 434 g/mol. The van der Waals surface area contributed by atoms with Gasteiger partial charge in [-0.3, -0.25) is 9.59 Å². The van der Waals surface area contributed by atoms with Crippen LogP contribution in [0, 0.1) is 0 Å². The van der Waals surface area contributed by atoms with E-state index in [-0.39, 0.29) is 16.7 Å². The Hall–Kier alpha value is -2.23. The Balaban J connectivity index is 1.43. The molecule has 29 heavy (non-hydrogen) atoms. The second kappa shape index (κ2) is 8.25. The Kier molecular flexibility index (Phi) is 5.71. The number of hydrogen-bond acceptors (Lipinski definition) is 5. The fourth-order valence-corrected chi connectivity index (χ4v) is 6.03. The number of amides is 2. The van der Waals surface area contributed by atoms with Gasteiger partial charge in [-0.15, -0.1) is 11.3 Å². The zero-order chi connectivity index (χ0) is 20.4. The number of benzene rings is 1. The number of nitrogens with zero attached hydrogens (tertiary/aromatic N) is 2. The highest BCUT2D eigenvalue weighted by Crippen LogP contribution is 2.25. The first-order valence-corrected chi connectivity index (χ1v) is 12.0. The van der Waals surface area contributed by atoms with E-state index in [1.165, 1.54) is 27.8 Å². The highest BCUT2D eigenvalue weighted by atomic mass is 32.2. The number of sulfonamides is 1. The van der Waals surface area contributed by atoms with Crippen LogP contribution in [0.5, 0.6) is 0 Å². The minimum atomic E-state index is -3.48. The summed E-state index contributed by atoms with van der Waals surface area (Å²) in [6.45, 7) is 1.66. The minimum Gasteiger partial charge on any atom is -0.326 e. The molecule has 4 rings (SSSR count). The maximum absolute atomic E-state index is 12.8. The van der Waals surface area contributed by atoms with E-state index in [0.29, 0.717) is 36.6 Å². The van der Waals surface area contributed by atoms with E-state index < -0.39 is 16.1 Å². The van der Waals surface area contributed by atoms with E-state index in [2.05, 4.69) is 5.32 Å². The average Bonchev–Trinajstić information content (AvgIpc) is 3.50. The maximum atomic E-state index is 12.8. The van der Waals surface area contributed by atoms with Crippen molar-refractivity contribution in [1.82, 2.24) is 9.21 Å². The fraction of sp³-hybridized carbons (Fsp3) is 0.400. The summed E-state index contributed by atoms with van der Waals surface area (Å²) >= 11 is 1.37. The van der Waals surface area contributed by atoms with Crippen molar-refractivity contribution < 1.29 is 18.0 Å². The minimum absolute atomic E-state index is 0.121. The maximum Gasteiger partial charge on any atom is 0.264 e. The van der Waals surface area contributed by atoms with Crippen LogP contribution in [0.3, 0.4) is 0 Å². The second-order valence-electron chi connectivity index (χ2n) is 7.26. The van der Waals surface area contributed by atoms with E-state index in [1.54, 1.807) is 23.1 Å². The fourth-order valence-electron chi connectivity index (χ4n) is 3.84. The molecule has 0 saturated carbocycles. The molecule has 0 radical (unpaired) electrons. The summed E-state index contributed by atoms with van der Waals surface area (Å²) in [5.41, 5.74) is 0.519. The van der Waals surface area contributed by atoms with Crippen molar-refractivity contribution in [2.24, 2.45) is 0 Å². The van der Waals surface area contributed by atoms with Gasteiger partial charge in [0, 0.05) is 25.3 Å². The van der Waals surface area contributed by atoms with E-state index in [0.717, 1.165) is 19.3 Å². The van der Waals surface area contributed by atoms with Crippen LogP contribution in [0.15, 0.2) is 46.7 Å². The normalized spacial score (nSPS) is 20.1. The van der Waals surface area contributed by atoms with Gasteiger partial charge < -0.3 is 10.2 Å². The Morgan fingerprint density at radius 1 is 1.00 bits per heavy atom. The van der Waals surface area contributed by atoms with Crippen molar-refractivity contribution in [3.63, 3.8) is 0 Å². The molecule has 2 saturated heterocycles. The van der Waals surface area contributed by atoms with Crippen molar-refractivity contribution in [3.8, 4) is 0 Å². The zero-order valence-electron chi connectivity index (χ0n) is 15.9. The number of thiophene rings is 1. The Bertz CT molecular complexity index is 981. The van der Waals surface area contributed by atoms with E-state index in [9.17, 15) is 18.0 Å². The molecule has 0 unspecified atom stereocenters. The van der Waals surface area contributed by atoms with Gasteiger partial charge in [0.15, 0.2) is 0 Å². The third-order valence-corrected chi connectivity index (χ3v) is 8.14. The summed E-state index contributed by atoms with van der Waals surface area (Å²) < 4.78 is 26.7. The van der Waals surface area contributed by atoms with Crippen LogP contribution in [-0.2, 0) is 14.8 Å². The lowest BCUT2D eigenvalue weighted by molar-refractivity contribution is -0.119. The van der Waals surface area contributed by atoms with Crippen LogP contribution < -0.4 is 5.32 Å². The topological polar surface area (TPSA) is 86.8 Å². The molecular weight excluding hydrogens is 410 g/mol. The Morgan fingerprint density at radius 2 is 1.72 bits per heavy atom. The Labute approximate surface area is 174 Å². The van der Waals surface area contributed by atoms with Crippen LogP contribution in [0.2, 0.25) is 0 Å². The molecule has 0 aliphatic carbocycles. The van der Waals surface area contributed by atoms with Crippen LogP contribution in [0.1, 0.15) is 35.4 Å². The van der Waals surface area contributed by atoms with Crippen molar-refractivity contribution in [2.75, 3.05) is 25.0 Å². The molecule has 3 heterocycles. The predicted molar refractivity (Wildman–Crippen MR) is 111 cm³/mol. The summed E-state index contributed by atoms with van der Waals surface area (Å²) in [6, 6.07) is 9.31.